The van der Waals surface area contributed by atoms with E-state index >= 15 is 0 Å². The molecule has 6 nitrogen and oxygen atoms in total. The summed E-state index contributed by atoms with van der Waals surface area (Å²) in [5.41, 5.74) is 3.88. The predicted molar refractivity (Wildman–Crippen MR) is 97.9 cm³/mol. The van der Waals surface area contributed by atoms with Crippen LogP contribution in [0.15, 0.2) is 34.9 Å². The Morgan fingerprint density at radius 3 is 2.54 bits per heavy atom. The summed E-state index contributed by atoms with van der Waals surface area (Å²) in [6, 6.07) is 12.5. The van der Waals surface area contributed by atoms with Gasteiger partial charge in [0.25, 0.3) is 0 Å². The molecule has 0 spiro atoms. The molecule has 0 N–H and O–H groups in total. The summed E-state index contributed by atoms with van der Waals surface area (Å²) in [5, 5.41) is 17.6. The van der Waals surface area contributed by atoms with Crippen molar-refractivity contribution in [1.82, 2.24) is 19.9 Å². The summed E-state index contributed by atoms with van der Waals surface area (Å²) >= 11 is 0. The van der Waals surface area contributed by atoms with Crippen LogP contribution in [0, 0.1) is 30.6 Å². The Morgan fingerprint density at radius 2 is 1.92 bits per heavy atom. The van der Waals surface area contributed by atoms with Gasteiger partial charge >= 0.3 is 0 Å². The molecule has 0 aliphatic rings. The Bertz CT molecular complexity index is 928. The zero-order chi connectivity index (χ0) is 18.7. The smallest absolute Gasteiger partial charge is 0.226 e. The van der Waals surface area contributed by atoms with E-state index in [2.05, 4.69) is 39.5 Å². The molecule has 3 aromatic rings. The highest BCUT2D eigenvalue weighted by Crippen LogP contribution is 2.21. The van der Waals surface area contributed by atoms with Crippen molar-refractivity contribution in [2.45, 2.75) is 47.0 Å². The van der Waals surface area contributed by atoms with Gasteiger partial charge < -0.3 is 4.52 Å². The van der Waals surface area contributed by atoms with E-state index in [0.29, 0.717) is 31.0 Å². The highest BCUT2D eigenvalue weighted by atomic mass is 16.5. The monoisotopic (exact) mass is 349 g/mol. The van der Waals surface area contributed by atoms with Gasteiger partial charge in [-0.15, -0.1) is 0 Å². The topological polar surface area (TPSA) is 80.5 Å². The van der Waals surface area contributed by atoms with Gasteiger partial charge in [0, 0.05) is 18.5 Å². The molecule has 0 unspecified atom stereocenters. The molecule has 0 fully saturated rings. The largest absolute Gasteiger partial charge is 0.339 e. The average molecular weight is 349 g/mol. The van der Waals surface area contributed by atoms with Crippen molar-refractivity contribution < 1.29 is 4.52 Å². The number of nitrogens with zero attached hydrogens (tertiary/aromatic N) is 5. The minimum absolute atomic E-state index is 0.381. The quantitative estimate of drug-likeness (QED) is 0.673. The number of hydrogen-bond donors (Lipinski definition) is 0. The molecule has 0 amide bonds. The summed E-state index contributed by atoms with van der Waals surface area (Å²) in [6.45, 7) is 7.86. The molecular formula is C20H23N5O. The molecule has 2 aromatic heterocycles. The normalized spacial score (nSPS) is 11.5. The molecule has 0 atom stereocenters. The molecule has 134 valence electrons. The van der Waals surface area contributed by atoms with Gasteiger partial charge in [0.05, 0.1) is 22.9 Å². The van der Waals surface area contributed by atoms with Crippen LogP contribution in [0.1, 0.15) is 48.9 Å². The second kappa shape index (κ2) is 7.12. The number of aryl methyl sites for hydroxylation is 3. The average Bonchev–Trinajstić information content (AvgIpc) is 3.20. The van der Waals surface area contributed by atoms with Gasteiger partial charge in [-0.3, -0.25) is 0 Å². The minimum Gasteiger partial charge on any atom is -0.339 e. The summed E-state index contributed by atoms with van der Waals surface area (Å²) < 4.78 is 7.24. The van der Waals surface area contributed by atoms with Crippen LogP contribution in [0.3, 0.4) is 0 Å². The van der Waals surface area contributed by atoms with Gasteiger partial charge in [-0.2, -0.15) is 15.3 Å². The first-order valence-corrected chi connectivity index (χ1v) is 8.71. The van der Waals surface area contributed by atoms with Crippen LogP contribution in [0.5, 0.6) is 0 Å². The lowest BCUT2D eigenvalue weighted by Gasteiger charge is -2.12. The van der Waals surface area contributed by atoms with E-state index in [0.717, 1.165) is 22.6 Å². The van der Waals surface area contributed by atoms with Crippen molar-refractivity contribution in [1.29, 1.82) is 5.26 Å². The van der Waals surface area contributed by atoms with Crippen molar-refractivity contribution in [3.8, 4) is 11.8 Å². The summed E-state index contributed by atoms with van der Waals surface area (Å²) in [7, 11) is 0. The lowest BCUT2D eigenvalue weighted by atomic mass is 9.90. The zero-order valence-corrected chi connectivity index (χ0v) is 15.7. The molecule has 0 saturated carbocycles. The van der Waals surface area contributed by atoms with Gasteiger partial charge in [-0.1, -0.05) is 17.3 Å². The maximum atomic E-state index is 9.07. The van der Waals surface area contributed by atoms with Crippen LogP contribution in [0.4, 0.5) is 0 Å². The minimum atomic E-state index is -0.381. The molecule has 1 aromatic carbocycles. The molecule has 6 heteroatoms. The highest BCUT2D eigenvalue weighted by Gasteiger charge is 2.18. The van der Waals surface area contributed by atoms with Crippen LogP contribution in [0.25, 0.3) is 5.69 Å². The number of aromatic nitrogens is 4. The highest BCUT2D eigenvalue weighted by molar-refractivity contribution is 5.36. The van der Waals surface area contributed by atoms with E-state index in [9.17, 15) is 0 Å². The van der Waals surface area contributed by atoms with E-state index in [1.54, 1.807) is 0 Å². The fourth-order valence-corrected chi connectivity index (χ4v) is 2.77. The summed E-state index contributed by atoms with van der Waals surface area (Å²) in [4.78, 5) is 4.44. The predicted octanol–water partition coefficient (Wildman–Crippen LogP) is 3.95. The summed E-state index contributed by atoms with van der Waals surface area (Å²) in [6.07, 6.45) is 1.93. The van der Waals surface area contributed by atoms with Crippen LogP contribution < -0.4 is 0 Å². The van der Waals surface area contributed by atoms with E-state index < -0.39 is 0 Å². The Kier molecular flexibility index (Phi) is 4.90. The molecule has 0 aliphatic heterocycles. The first-order chi connectivity index (χ1) is 12.4. The molecule has 2 heterocycles. The fraction of sp³-hybridized carbons (Fsp3) is 0.400. The van der Waals surface area contributed by atoms with E-state index in [1.165, 1.54) is 0 Å². The molecule has 26 heavy (non-hydrogen) atoms. The van der Waals surface area contributed by atoms with Gasteiger partial charge in [0.15, 0.2) is 5.82 Å². The number of nitriles is 1. The second-order valence-electron chi connectivity index (χ2n) is 7.28. The van der Waals surface area contributed by atoms with Crippen LogP contribution in [-0.2, 0) is 12.8 Å². The van der Waals surface area contributed by atoms with Crippen molar-refractivity contribution in [2.24, 2.45) is 5.41 Å². The summed E-state index contributed by atoms with van der Waals surface area (Å²) in [5.74, 6) is 1.25. The fourth-order valence-electron chi connectivity index (χ4n) is 2.77. The molecule has 0 aliphatic carbocycles. The zero-order valence-electron chi connectivity index (χ0n) is 15.7. The SMILES string of the molecule is Cc1cc(C)n(-c2ccc(Cc3noc(CCC(C)(C)C#N)n3)cc2)n1. The molecule has 0 radical (unpaired) electrons. The first-order valence-electron chi connectivity index (χ1n) is 8.71. The van der Waals surface area contributed by atoms with Gasteiger partial charge in [-0.05, 0) is 57.9 Å². The third-order valence-electron chi connectivity index (χ3n) is 4.33. The van der Waals surface area contributed by atoms with E-state index in [1.807, 2.05) is 44.5 Å². The maximum Gasteiger partial charge on any atom is 0.226 e. The van der Waals surface area contributed by atoms with E-state index in [4.69, 9.17) is 9.78 Å². The van der Waals surface area contributed by atoms with Crippen LogP contribution in [-0.4, -0.2) is 19.9 Å². The van der Waals surface area contributed by atoms with Crippen molar-refractivity contribution in [2.75, 3.05) is 0 Å². The Balaban J connectivity index is 1.65. The van der Waals surface area contributed by atoms with E-state index in [-0.39, 0.29) is 5.41 Å². The third-order valence-corrected chi connectivity index (χ3v) is 4.33. The Labute approximate surface area is 153 Å². The molecule has 3 rings (SSSR count). The van der Waals surface area contributed by atoms with Crippen molar-refractivity contribution in [3.05, 3.63) is 59.0 Å². The number of rotatable bonds is 6. The van der Waals surface area contributed by atoms with Gasteiger partial charge in [0.2, 0.25) is 5.89 Å². The van der Waals surface area contributed by atoms with Gasteiger partial charge in [-0.25, -0.2) is 4.68 Å². The maximum absolute atomic E-state index is 9.07. The lowest BCUT2D eigenvalue weighted by Crippen LogP contribution is -2.09. The second-order valence-corrected chi connectivity index (χ2v) is 7.28. The third kappa shape index (κ3) is 4.17. The lowest BCUT2D eigenvalue weighted by molar-refractivity contribution is 0.349. The standard InChI is InChI=1S/C20H23N5O/c1-14-11-15(2)25(23-14)17-7-5-16(6-8-17)12-18-22-19(26-24-18)9-10-20(3,4)13-21/h5-8,11H,9-10,12H2,1-4H3. The first kappa shape index (κ1) is 17.9. The van der Waals surface area contributed by atoms with Crippen LogP contribution in [0.2, 0.25) is 0 Å². The van der Waals surface area contributed by atoms with Crippen LogP contribution >= 0.6 is 0 Å². The molecule has 0 bridgehead atoms. The van der Waals surface area contributed by atoms with Crippen molar-refractivity contribution in [3.63, 3.8) is 0 Å². The Hall–Kier alpha value is -2.94. The van der Waals surface area contributed by atoms with Crippen molar-refractivity contribution >= 4 is 0 Å². The van der Waals surface area contributed by atoms with Gasteiger partial charge in [0.1, 0.15) is 0 Å². The Morgan fingerprint density at radius 1 is 1.19 bits per heavy atom. The molecular weight excluding hydrogens is 326 g/mol. The number of hydrogen-bond acceptors (Lipinski definition) is 5. The number of benzene rings is 1. The molecule has 0 saturated heterocycles.